The standard InChI is InChI=1S/C6H20Si3/c1-7-9(5,6)8(2,3)4/h7H2,1-6H3. The van der Waals surface area contributed by atoms with Gasteiger partial charge < -0.3 is 0 Å². The van der Waals surface area contributed by atoms with Crippen LogP contribution in [-0.2, 0) is 0 Å². The van der Waals surface area contributed by atoms with E-state index < -0.39 is 14.7 Å². The van der Waals surface area contributed by atoms with E-state index in [1.165, 1.54) is 0 Å². The summed E-state index contributed by atoms with van der Waals surface area (Å²) in [4.78, 5) is 0. The van der Waals surface area contributed by atoms with E-state index in [0.717, 1.165) is 0 Å². The van der Waals surface area contributed by atoms with E-state index in [1.807, 2.05) is 0 Å². The highest BCUT2D eigenvalue weighted by Gasteiger charge is 2.34. The Kier molecular flexibility index (Phi) is 2.91. The molecule has 0 aromatic rings. The van der Waals surface area contributed by atoms with E-state index in [1.54, 1.807) is 0 Å². The molecule has 56 valence electrons. The molecule has 0 radical (unpaired) electrons. The van der Waals surface area contributed by atoms with Crippen molar-refractivity contribution in [3.05, 3.63) is 0 Å². The van der Waals surface area contributed by atoms with Crippen LogP contribution in [0.4, 0.5) is 0 Å². The third-order valence-electron chi connectivity index (χ3n) is 2.91. The lowest BCUT2D eigenvalue weighted by Gasteiger charge is -2.33. The second-order valence-electron chi connectivity index (χ2n) is 4.49. The predicted molar refractivity (Wildman–Crippen MR) is 55.2 cm³/mol. The molecule has 0 aliphatic carbocycles. The minimum absolute atomic E-state index is 0.338. The van der Waals surface area contributed by atoms with Crippen molar-refractivity contribution in [2.45, 2.75) is 39.3 Å². The first-order valence-electron chi connectivity index (χ1n) is 3.81. The molecule has 0 aliphatic rings. The van der Waals surface area contributed by atoms with Crippen molar-refractivity contribution in [3.8, 4) is 0 Å². The van der Waals surface area contributed by atoms with Crippen LogP contribution in [0.25, 0.3) is 0 Å². The Morgan fingerprint density at radius 2 is 1.22 bits per heavy atom. The van der Waals surface area contributed by atoms with Crippen LogP contribution in [0, 0.1) is 0 Å². The zero-order valence-corrected chi connectivity index (χ0v) is 11.1. The summed E-state index contributed by atoms with van der Waals surface area (Å²) >= 11 is 0. The summed E-state index contributed by atoms with van der Waals surface area (Å²) in [5.74, 6) is 0. The number of hydrogen-bond acceptors (Lipinski definition) is 0. The molecule has 0 saturated heterocycles. The monoisotopic (exact) mass is 176 g/mol. The first-order chi connectivity index (χ1) is 3.81. The van der Waals surface area contributed by atoms with Gasteiger partial charge in [0.05, 0.1) is 0 Å². The maximum Gasteiger partial charge on any atom is 0.0350 e. The van der Waals surface area contributed by atoms with Crippen LogP contribution in [0.5, 0.6) is 0 Å². The van der Waals surface area contributed by atoms with Crippen molar-refractivity contribution >= 4 is 23.7 Å². The van der Waals surface area contributed by atoms with Gasteiger partial charge in [-0.2, -0.15) is 0 Å². The molecule has 0 spiro atoms. The van der Waals surface area contributed by atoms with Crippen molar-refractivity contribution in [2.24, 2.45) is 0 Å². The summed E-state index contributed by atoms with van der Waals surface area (Å²) in [6.45, 7) is 15.3. The molecule has 0 bridgehead atoms. The molecule has 0 fully saturated rings. The van der Waals surface area contributed by atoms with Gasteiger partial charge in [0.25, 0.3) is 0 Å². The number of hydrogen-bond donors (Lipinski definition) is 0. The minimum atomic E-state index is -0.684. The van der Waals surface area contributed by atoms with Gasteiger partial charge in [-0.25, -0.2) is 0 Å². The topological polar surface area (TPSA) is 0 Å². The molecule has 0 rings (SSSR count). The third-order valence-corrected chi connectivity index (χ3v) is 39.0. The molecule has 0 amide bonds. The lowest BCUT2D eigenvalue weighted by molar-refractivity contribution is 1.78. The summed E-state index contributed by atoms with van der Waals surface area (Å²) in [6, 6.07) is 0. The van der Waals surface area contributed by atoms with E-state index in [0.29, 0.717) is 9.04 Å². The van der Waals surface area contributed by atoms with E-state index in [-0.39, 0.29) is 0 Å². The highest BCUT2D eigenvalue weighted by atomic mass is 29.6. The Morgan fingerprint density at radius 3 is 1.22 bits per heavy atom. The highest BCUT2D eigenvalue weighted by molar-refractivity contribution is 7.59. The van der Waals surface area contributed by atoms with Gasteiger partial charge in [0.1, 0.15) is 0 Å². The van der Waals surface area contributed by atoms with Crippen molar-refractivity contribution < 1.29 is 0 Å². The maximum atomic E-state index is 2.59. The van der Waals surface area contributed by atoms with Crippen molar-refractivity contribution in [3.63, 3.8) is 0 Å². The molecule has 0 aliphatic heterocycles. The largest absolute Gasteiger partial charge is 0.0768 e. The summed E-state index contributed by atoms with van der Waals surface area (Å²) in [6.07, 6.45) is 0. The van der Waals surface area contributed by atoms with Crippen molar-refractivity contribution in [2.75, 3.05) is 0 Å². The summed E-state index contributed by atoms with van der Waals surface area (Å²) in [7, 11) is -0.947. The van der Waals surface area contributed by atoms with Crippen molar-refractivity contribution in [1.29, 1.82) is 0 Å². The molecule has 0 heterocycles. The summed E-state index contributed by atoms with van der Waals surface area (Å²) in [5.41, 5.74) is 0. The van der Waals surface area contributed by atoms with Gasteiger partial charge in [-0.1, -0.05) is 39.3 Å². The van der Waals surface area contributed by atoms with Crippen molar-refractivity contribution in [1.82, 2.24) is 0 Å². The maximum absolute atomic E-state index is 2.59. The first kappa shape index (κ1) is 9.65. The highest BCUT2D eigenvalue weighted by Crippen LogP contribution is 2.16. The predicted octanol–water partition coefficient (Wildman–Crippen LogP) is 1.82. The zero-order valence-electron chi connectivity index (χ0n) is 7.71. The van der Waals surface area contributed by atoms with Crippen LogP contribution in [-0.4, -0.2) is 23.7 Å². The SMILES string of the molecule is C[SiH2][Si](C)(C)[Si](C)(C)C. The molecule has 0 saturated carbocycles. The van der Waals surface area contributed by atoms with Crippen LogP contribution >= 0.6 is 0 Å². The summed E-state index contributed by atoms with van der Waals surface area (Å²) in [5, 5.41) is 0. The molecular weight excluding hydrogens is 156 g/mol. The van der Waals surface area contributed by atoms with Crippen LogP contribution in [0.1, 0.15) is 0 Å². The molecule has 9 heavy (non-hydrogen) atoms. The van der Waals surface area contributed by atoms with Gasteiger partial charge in [-0.3, -0.25) is 0 Å². The van der Waals surface area contributed by atoms with E-state index >= 15 is 0 Å². The lowest BCUT2D eigenvalue weighted by Crippen LogP contribution is -2.56. The van der Waals surface area contributed by atoms with Gasteiger partial charge in [-0.15, -0.1) is 0 Å². The second-order valence-corrected chi connectivity index (χ2v) is 31.6. The van der Waals surface area contributed by atoms with Gasteiger partial charge in [0, 0.05) is 23.7 Å². The smallest absolute Gasteiger partial charge is 0.0350 e. The molecule has 3 heteroatoms. The Balaban J connectivity index is 4.14. The van der Waals surface area contributed by atoms with E-state index in [4.69, 9.17) is 0 Å². The Morgan fingerprint density at radius 1 is 0.889 bits per heavy atom. The number of rotatable bonds is 2. The average Bonchev–Trinajstić information content (AvgIpc) is 1.64. The Bertz CT molecular complexity index is 91.0. The first-order valence-corrected chi connectivity index (χ1v) is 15.1. The van der Waals surface area contributed by atoms with E-state index in [9.17, 15) is 0 Å². The van der Waals surface area contributed by atoms with Gasteiger partial charge in [0.2, 0.25) is 0 Å². The zero-order chi connectivity index (χ0) is 7.71. The van der Waals surface area contributed by atoms with Crippen LogP contribution in [0.15, 0.2) is 0 Å². The summed E-state index contributed by atoms with van der Waals surface area (Å²) < 4.78 is 0. The fourth-order valence-electron chi connectivity index (χ4n) is 0.530. The quantitative estimate of drug-likeness (QED) is 0.563. The Hall–Kier alpha value is 0.651. The second kappa shape index (κ2) is 2.72. The molecule has 0 atom stereocenters. The van der Waals surface area contributed by atoms with Gasteiger partial charge in [-0.05, 0) is 0 Å². The van der Waals surface area contributed by atoms with Gasteiger partial charge >= 0.3 is 0 Å². The fraction of sp³-hybridized carbons (Fsp3) is 1.00. The molecule has 0 unspecified atom stereocenters. The molecule has 0 aromatic heterocycles. The molecule has 0 nitrogen and oxygen atoms in total. The molecule has 0 aromatic carbocycles. The van der Waals surface area contributed by atoms with Gasteiger partial charge in [0.15, 0.2) is 0 Å². The van der Waals surface area contributed by atoms with Crippen LogP contribution in [0.2, 0.25) is 39.3 Å². The van der Waals surface area contributed by atoms with Crippen LogP contribution < -0.4 is 0 Å². The van der Waals surface area contributed by atoms with Crippen LogP contribution in [0.3, 0.4) is 0 Å². The third kappa shape index (κ3) is 2.39. The molecule has 0 N–H and O–H groups in total. The van der Waals surface area contributed by atoms with E-state index in [2.05, 4.69) is 39.3 Å². The lowest BCUT2D eigenvalue weighted by atomic mass is 11.8. The average molecular weight is 176 g/mol. The minimum Gasteiger partial charge on any atom is -0.0768 e. The normalized spacial score (nSPS) is 15.3. The Labute approximate surface area is 63.5 Å². The fourth-order valence-corrected chi connectivity index (χ4v) is 14.3. The molecular formula is C6H20Si3.